The van der Waals surface area contributed by atoms with E-state index in [1.165, 1.54) is 0 Å². The summed E-state index contributed by atoms with van der Waals surface area (Å²) >= 11 is 0. The van der Waals surface area contributed by atoms with Gasteiger partial charge in [0.2, 0.25) is 0 Å². The summed E-state index contributed by atoms with van der Waals surface area (Å²) in [6.45, 7) is 15.0. The summed E-state index contributed by atoms with van der Waals surface area (Å²) in [6, 6.07) is 0. The molecular formula is C15H35N3O. The Morgan fingerprint density at radius 2 is 1.42 bits per heavy atom. The van der Waals surface area contributed by atoms with Gasteiger partial charge in [0.25, 0.3) is 0 Å². The van der Waals surface area contributed by atoms with Crippen molar-refractivity contribution in [2.24, 2.45) is 0 Å². The van der Waals surface area contributed by atoms with Gasteiger partial charge in [-0.25, -0.2) is 0 Å². The van der Waals surface area contributed by atoms with Crippen LogP contribution in [-0.4, -0.2) is 67.3 Å². The monoisotopic (exact) mass is 273 g/mol. The van der Waals surface area contributed by atoms with Crippen LogP contribution in [-0.2, 0) is 0 Å². The summed E-state index contributed by atoms with van der Waals surface area (Å²) in [5.74, 6) is 0. The molecule has 0 saturated carbocycles. The van der Waals surface area contributed by atoms with Gasteiger partial charge in [0.05, 0.1) is 6.73 Å². The van der Waals surface area contributed by atoms with Crippen molar-refractivity contribution in [3.05, 3.63) is 25.1 Å². The molecule has 0 aromatic rings. The first-order valence-electron chi connectivity index (χ1n) is 6.88. The van der Waals surface area contributed by atoms with Gasteiger partial charge in [-0.05, 0) is 46.8 Å². The molecule has 0 rings (SSSR count). The van der Waals surface area contributed by atoms with Gasteiger partial charge in [0.1, 0.15) is 0 Å². The summed E-state index contributed by atoms with van der Waals surface area (Å²) in [4.78, 5) is 5.94. The zero-order valence-corrected chi connectivity index (χ0v) is 14.1. The minimum atomic E-state index is 0.163. The molecule has 116 valence electrons. The first-order chi connectivity index (χ1) is 8.92. The van der Waals surface area contributed by atoms with Crippen molar-refractivity contribution < 1.29 is 5.11 Å². The molecule has 0 aromatic heterocycles. The fraction of sp³-hybridized carbons (Fsp3) is 0.733. The van der Waals surface area contributed by atoms with E-state index in [4.69, 9.17) is 5.11 Å². The van der Waals surface area contributed by atoms with Crippen molar-refractivity contribution in [3.8, 4) is 0 Å². The van der Waals surface area contributed by atoms with Crippen LogP contribution < -0.4 is 0 Å². The van der Waals surface area contributed by atoms with E-state index in [1.807, 2.05) is 38.9 Å². The van der Waals surface area contributed by atoms with E-state index >= 15 is 0 Å². The number of aliphatic hydroxyl groups is 1. The molecule has 0 aromatic carbocycles. The molecule has 0 aliphatic heterocycles. The van der Waals surface area contributed by atoms with Crippen LogP contribution in [0.4, 0.5) is 0 Å². The second kappa shape index (κ2) is 19.3. The van der Waals surface area contributed by atoms with Crippen LogP contribution >= 0.6 is 0 Å². The lowest BCUT2D eigenvalue weighted by Crippen LogP contribution is -2.17. The predicted molar refractivity (Wildman–Crippen MR) is 87.0 cm³/mol. The van der Waals surface area contributed by atoms with E-state index in [9.17, 15) is 0 Å². The standard InChI is InChI=1S/C6H13N.C5H11N.C4H11NO/c1-4-6-7(3)5-2;1-4-6(3)5-2;1-3-5(2)4-6/h4,6H,5H2,1-3H3;4H,1,5H2,2-3H3;6H,3-4H2,1-2H3. The second-order valence-electron chi connectivity index (χ2n) is 4.13. The van der Waals surface area contributed by atoms with Crippen molar-refractivity contribution in [1.82, 2.24) is 14.7 Å². The normalized spacial score (nSPS) is 9.32. The largest absolute Gasteiger partial charge is 0.381 e. The lowest BCUT2D eigenvalue weighted by atomic mass is 10.6. The zero-order chi connectivity index (χ0) is 15.7. The molecule has 0 aliphatic rings. The molecule has 0 spiro atoms. The molecule has 0 heterocycles. The van der Waals surface area contributed by atoms with Crippen molar-refractivity contribution >= 4 is 0 Å². The Morgan fingerprint density at radius 1 is 0.947 bits per heavy atom. The minimum Gasteiger partial charge on any atom is -0.381 e. The van der Waals surface area contributed by atoms with Crippen LogP contribution in [0.5, 0.6) is 0 Å². The van der Waals surface area contributed by atoms with Crippen molar-refractivity contribution in [3.63, 3.8) is 0 Å². The lowest BCUT2D eigenvalue weighted by Gasteiger charge is -2.07. The van der Waals surface area contributed by atoms with Crippen LogP contribution in [0.2, 0.25) is 0 Å². The van der Waals surface area contributed by atoms with Crippen molar-refractivity contribution in [2.75, 3.05) is 47.5 Å². The Bertz CT molecular complexity index is 192. The highest BCUT2D eigenvalue weighted by molar-refractivity contribution is 4.74. The lowest BCUT2D eigenvalue weighted by molar-refractivity contribution is 0.138. The molecule has 0 unspecified atom stereocenters. The quantitative estimate of drug-likeness (QED) is 0.753. The summed E-state index contributed by atoms with van der Waals surface area (Å²) < 4.78 is 0. The summed E-state index contributed by atoms with van der Waals surface area (Å²) in [5, 5.41) is 8.26. The van der Waals surface area contributed by atoms with Gasteiger partial charge < -0.3 is 14.9 Å². The fourth-order valence-electron chi connectivity index (χ4n) is 0.589. The van der Waals surface area contributed by atoms with Crippen LogP contribution in [0.1, 0.15) is 27.7 Å². The maximum absolute atomic E-state index is 8.26. The number of rotatable bonds is 6. The van der Waals surface area contributed by atoms with Crippen molar-refractivity contribution in [1.29, 1.82) is 0 Å². The summed E-state index contributed by atoms with van der Waals surface area (Å²) in [6.07, 6.45) is 5.89. The van der Waals surface area contributed by atoms with Crippen molar-refractivity contribution in [2.45, 2.75) is 27.7 Å². The highest BCUT2D eigenvalue weighted by Crippen LogP contribution is 1.79. The molecular weight excluding hydrogens is 238 g/mol. The number of hydrogen-bond acceptors (Lipinski definition) is 4. The molecule has 0 fully saturated rings. The third-order valence-electron chi connectivity index (χ3n) is 2.49. The Labute approximate surface area is 121 Å². The molecule has 0 bridgehead atoms. The number of nitrogens with zero attached hydrogens (tertiary/aromatic N) is 3. The van der Waals surface area contributed by atoms with Crippen LogP contribution in [0.25, 0.3) is 0 Å². The smallest absolute Gasteiger partial charge is 0.0953 e. The highest BCUT2D eigenvalue weighted by Gasteiger charge is 1.82. The van der Waals surface area contributed by atoms with E-state index in [0.717, 1.165) is 19.6 Å². The molecule has 4 nitrogen and oxygen atoms in total. The Kier molecular flexibility index (Phi) is 23.5. The van der Waals surface area contributed by atoms with Gasteiger partial charge in [-0.2, -0.15) is 0 Å². The molecule has 0 aliphatic carbocycles. The molecule has 0 radical (unpaired) electrons. The first-order valence-corrected chi connectivity index (χ1v) is 6.88. The molecule has 0 saturated heterocycles. The molecule has 1 N–H and O–H groups in total. The molecule has 19 heavy (non-hydrogen) atoms. The SMILES string of the molecule is C=CN(C)CC.CC=CN(C)CC.CCN(C)CO. The average molecular weight is 273 g/mol. The maximum atomic E-state index is 8.26. The average Bonchev–Trinajstić information content (AvgIpc) is 2.46. The van der Waals surface area contributed by atoms with E-state index < -0.39 is 0 Å². The number of aliphatic hydroxyl groups excluding tert-OH is 1. The number of allylic oxidation sites excluding steroid dienone is 1. The molecule has 0 amide bonds. The van der Waals surface area contributed by atoms with Gasteiger partial charge in [-0.3, -0.25) is 4.90 Å². The maximum Gasteiger partial charge on any atom is 0.0953 e. The topological polar surface area (TPSA) is 30.0 Å². The zero-order valence-electron chi connectivity index (χ0n) is 14.1. The third kappa shape index (κ3) is 26.6. The molecule has 0 atom stereocenters. The highest BCUT2D eigenvalue weighted by atomic mass is 16.3. The van der Waals surface area contributed by atoms with Gasteiger partial charge in [0.15, 0.2) is 0 Å². The van der Waals surface area contributed by atoms with Gasteiger partial charge in [0, 0.05) is 27.2 Å². The van der Waals surface area contributed by atoms with E-state index in [-0.39, 0.29) is 6.73 Å². The van der Waals surface area contributed by atoms with Gasteiger partial charge in [-0.1, -0.05) is 19.6 Å². The fourth-order valence-corrected chi connectivity index (χ4v) is 0.589. The van der Waals surface area contributed by atoms with Gasteiger partial charge in [-0.15, -0.1) is 0 Å². The second-order valence-corrected chi connectivity index (χ2v) is 4.13. The van der Waals surface area contributed by atoms with Crippen LogP contribution in [0.15, 0.2) is 25.1 Å². The van der Waals surface area contributed by atoms with E-state index in [0.29, 0.717) is 0 Å². The summed E-state index contributed by atoms with van der Waals surface area (Å²) in [5.41, 5.74) is 0. The van der Waals surface area contributed by atoms with E-state index in [1.54, 1.807) is 11.1 Å². The van der Waals surface area contributed by atoms with Crippen LogP contribution in [0.3, 0.4) is 0 Å². The van der Waals surface area contributed by atoms with E-state index in [2.05, 4.69) is 38.6 Å². The predicted octanol–water partition coefficient (Wildman–Crippen LogP) is 2.44. The Balaban J connectivity index is -0.000000203. The van der Waals surface area contributed by atoms with Crippen LogP contribution in [0, 0.1) is 0 Å². The summed E-state index contributed by atoms with van der Waals surface area (Å²) in [7, 11) is 5.91. The first kappa shape index (κ1) is 23.1. The van der Waals surface area contributed by atoms with Gasteiger partial charge >= 0.3 is 0 Å². The Hall–Kier alpha value is -1.00. The third-order valence-corrected chi connectivity index (χ3v) is 2.49. The number of hydrogen-bond donors (Lipinski definition) is 1. The molecule has 4 heteroatoms. The minimum absolute atomic E-state index is 0.163. The Morgan fingerprint density at radius 3 is 1.47 bits per heavy atom.